The van der Waals surface area contributed by atoms with Crippen molar-refractivity contribution in [3.05, 3.63) is 107 Å². The van der Waals surface area contributed by atoms with Gasteiger partial charge < -0.3 is 0 Å². The SMILES string of the molecule is CC(COP1(=[Se])N(C)[C@H](c2cccc(C(F)(F)F)c2)[C@@H](c2cccc(C(F)(F)F)c2)N1C)c1ccccc1. The number of hydrogen-bond donors (Lipinski definition) is 0. The van der Waals surface area contributed by atoms with Crippen molar-refractivity contribution in [1.29, 1.82) is 0 Å². The summed E-state index contributed by atoms with van der Waals surface area (Å²) < 4.78 is 91.7. The molecule has 0 bridgehead atoms. The van der Waals surface area contributed by atoms with E-state index in [1.807, 2.05) is 46.6 Å². The Morgan fingerprint density at radius 3 is 1.63 bits per heavy atom. The standard InChI is InChI=1S/C27H27F6N2OPSe/c1-18(19-9-5-4-6-10-19)17-36-37(38)34(2)24(20-11-7-13-22(15-20)26(28,29)30)25(35(37)3)21-12-8-14-23(16-21)27(31,32)33/h4-16,18,24-25H,17H2,1-3H3/t18?,24-,25-/m1/s1. The van der Waals surface area contributed by atoms with E-state index >= 15 is 0 Å². The second kappa shape index (κ2) is 10.9. The van der Waals surface area contributed by atoms with Crippen molar-refractivity contribution >= 4 is 21.1 Å². The van der Waals surface area contributed by atoms with E-state index in [-0.39, 0.29) is 5.92 Å². The number of alkyl halides is 6. The first kappa shape index (κ1) is 29.1. The van der Waals surface area contributed by atoms with Crippen molar-refractivity contribution in [2.75, 3.05) is 20.7 Å². The molecule has 1 unspecified atom stereocenters. The third-order valence-electron chi connectivity index (χ3n) is 6.87. The van der Waals surface area contributed by atoms with E-state index in [1.165, 1.54) is 12.1 Å². The molecule has 204 valence electrons. The Kier molecular flexibility index (Phi) is 8.35. The minimum absolute atomic E-state index is 0.0165. The minimum atomic E-state index is -4.56. The van der Waals surface area contributed by atoms with E-state index < -0.39 is 41.6 Å². The average molecular weight is 619 g/mol. The molecule has 1 heterocycles. The van der Waals surface area contributed by atoms with Gasteiger partial charge in [-0.3, -0.25) is 0 Å². The molecule has 0 radical (unpaired) electrons. The van der Waals surface area contributed by atoms with Crippen molar-refractivity contribution in [2.24, 2.45) is 0 Å². The maximum atomic E-state index is 13.6. The van der Waals surface area contributed by atoms with Gasteiger partial charge in [-0.05, 0) is 0 Å². The molecule has 38 heavy (non-hydrogen) atoms. The zero-order chi connectivity index (χ0) is 27.9. The normalized spacial score (nSPS) is 21.5. The summed E-state index contributed by atoms with van der Waals surface area (Å²) in [5.41, 5.74) is 0.112. The summed E-state index contributed by atoms with van der Waals surface area (Å²) in [6, 6.07) is 15.5. The van der Waals surface area contributed by atoms with Gasteiger partial charge in [0.15, 0.2) is 0 Å². The summed E-state index contributed by atoms with van der Waals surface area (Å²) in [6.45, 7) is 2.32. The molecule has 3 nitrogen and oxygen atoms in total. The molecule has 4 rings (SSSR count). The Balaban J connectivity index is 1.77. The molecule has 0 saturated carbocycles. The molecule has 0 spiro atoms. The van der Waals surface area contributed by atoms with Crippen LogP contribution in [0.25, 0.3) is 0 Å². The van der Waals surface area contributed by atoms with Crippen LogP contribution in [0.1, 0.15) is 52.7 Å². The fourth-order valence-corrected chi connectivity index (χ4v) is 8.85. The van der Waals surface area contributed by atoms with Crippen LogP contribution in [-0.2, 0) is 16.9 Å². The molecular formula is C27H27F6N2OPSe. The summed E-state index contributed by atoms with van der Waals surface area (Å²) in [5.74, 6) is 0.0165. The fourth-order valence-electron chi connectivity index (χ4n) is 4.81. The van der Waals surface area contributed by atoms with Crippen LogP contribution < -0.4 is 0 Å². The number of likely N-dealkylation sites (N-methyl/N-ethyl adjacent to an activating group) is 2. The Hall–Kier alpha value is -1.93. The molecule has 0 aliphatic carbocycles. The molecule has 1 saturated heterocycles. The van der Waals surface area contributed by atoms with Crippen molar-refractivity contribution < 1.29 is 30.9 Å². The van der Waals surface area contributed by atoms with Gasteiger partial charge in [-0.15, -0.1) is 0 Å². The fraction of sp³-hybridized carbons (Fsp3) is 0.333. The van der Waals surface area contributed by atoms with Gasteiger partial charge in [0.1, 0.15) is 0 Å². The van der Waals surface area contributed by atoms with Gasteiger partial charge in [0.05, 0.1) is 0 Å². The van der Waals surface area contributed by atoms with Crippen LogP contribution in [0.5, 0.6) is 0 Å². The van der Waals surface area contributed by atoms with E-state index in [2.05, 4.69) is 15.1 Å². The van der Waals surface area contributed by atoms with Crippen LogP contribution in [0, 0.1) is 0 Å². The van der Waals surface area contributed by atoms with Crippen LogP contribution in [0.15, 0.2) is 78.9 Å². The number of nitrogens with zero attached hydrogens (tertiary/aromatic N) is 2. The molecular weight excluding hydrogens is 592 g/mol. The van der Waals surface area contributed by atoms with Gasteiger partial charge in [0, 0.05) is 0 Å². The van der Waals surface area contributed by atoms with Crippen LogP contribution >= 0.6 is 6.04 Å². The summed E-state index contributed by atoms with van der Waals surface area (Å²) in [6.07, 6.45) is -9.12. The Labute approximate surface area is 225 Å². The van der Waals surface area contributed by atoms with E-state index in [9.17, 15) is 26.3 Å². The zero-order valence-corrected chi connectivity index (χ0v) is 23.5. The molecule has 3 aromatic carbocycles. The Bertz CT molecular complexity index is 1240. The summed E-state index contributed by atoms with van der Waals surface area (Å²) >= 11 is 3.14. The van der Waals surface area contributed by atoms with Crippen molar-refractivity contribution in [3.8, 4) is 0 Å². The molecule has 1 fully saturated rings. The number of halogens is 6. The monoisotopic (exact) mass is 620 g/mol. The summed E-state index contributed by atoms with van der Waals surface area (Å²) in [5, 5.41) is 0. The number of rotatable bonds is 6. The second-order valence-corrected chi connectivity index (χ2v) is 14.9. The van der Waals surface area contributed by atoms with Crippen LogP contribution in [-0.4, -0.2) is 45.1 Å². The molecule has 1 aliphatic rings. The molecule has 1 aliphatic heterocycles. The molecule has 0 amide bonds. The van der Waals surface area contributed by atoms with Crippen molar-refractivity contribution in [3.63, 3.8) is 0 Å². The predicted molar refractivity (Wildman–Crippen MR) is 137 cm³/mol. The average Bonchev–Trinajstić information content (AvgIpc) is 3.08. The number of hydrogen-bond acceptors (Lipinski definition) is 3. The first-order valence-electron chi connectivity index (χ1n) is 11.8. The third-order valence-corrected chi connectivity index (χ3v) is 13.4. The zero-order valence-electron chi connectivity index (χ0n) is 20.9. The molecule has 11 heteroatoms. The second-order valence-electron chi connectivity index (χ2n) is 9.38. The van der Waals surface area contributed by atoms with E-state index in [0.29, 0.717) is 17.7 Å². The molecule has 0 N–H and O–H groups in total. The molecule has 3 aromatic rings. The van der Waals surface area contributed by atoms with E-state index in [0.717, 1.165) is 29.8 Å². The van der Waals surface area contributed by atoms with Crippen LogP contribution in [0.3, 0.4) is 0 Å². The van der Waals surface area contributed by atoms with Gasteiger partial charge >= 0.3 is 226 Å². The van der Waals surface area contributed by atoms with E-state index in [1.54, 1.807) is 26.2 Å². The van der Waals surface area contributed by atoms with Crippen molar-refractivity contribution in [2.45, 2.75) is 37.3 Å². The number of benzene rings is 3. The topological polar surface area (TPSA) is 15.7 Å². The quantitative estimate of drug-likeness (QED) is 0.158. The Morgan fingerprint density at radius 1 is 0.763 bits per heavy atom. The van der Waals surface area contributed by atoms with Crippen LogP contribution in [0.4, 0.5) is 26.3 Å². The predicted octanol–water partition coefficient (Wildman–Crippen LogP) is 8.05. The van der Waals surface area contributed by atoms with Gasteiger partial charge in [0.2, 0.25) is 0 Å². The van der Waals surface area contributed by atoms with E-state index in [4.69, 9.17) is 4.52 Å². The van der Waals surface area contributed by atoms with Crippen LogP contribution in [0.2, 0.25) is 0 Å². The van der Waals surface area contributed by atoms with Gasteiger partial charge in [-0.2, -0.15) is 0 Å². The van der Waals surface area contributed by atoms with Gasteiger partial charge in [-0.25, -0.2) is 0 Å². The Morgan fingerprint density at radius 2 is 1.21 bits per heavy atom. The van der Waals surface area contributed by atoms with Gasteiger partial charge in [0.25, 0.3) is 0 Å². The molecule has 3 atom stereocenters. The van der Waals surface area contributed by atoms with Crippen molar-refractivity contribution in [1.82, 2.24) is 9.34 Å². The molecule has 0 aromatic heterocycles. The first-order valence-corrected chi connectivity index (χ1v) is 15.7. The first-order chi connectivity index (χ1) is 17.7. The third kappa shape index (κ3) is 5.81. The van der Waals surface area contributed by atoms with Gasteiger partial charge in [-0.1, -0.05) is 0 Å². The summed E-state index contributed by atoms with van der Waals surface area (Å²) in [4.78, 5) is 0. The maximum absolute atomic E-state index is 13.6. The summed E-state index contributed by atoms with van der Waals surface area (Å²) in [7, 11) is 3.49.